The molecule has 0 fully saturated rings. The molecule has 0 bridgehead atoms. The standard InChI is InChI=1S/C8H16OS/c1-3-5-8(6-7-9)10-4-2/h7-8H,3-6H2,1-2H3. The van der Waals surface area contributed by atoms with Crippen LogP contribution in [0.15, 0.2) is 0 Å². The molecule has 0 saturated carbocycles. The fraction of sp³-hybridized carbons (Fsp3) is 0.875. The van der Waals surface area contributed by atoms with Crippen molar-refractivity contribution in [2.75, 3.05) is 5.75 Å². The van der Waals surface area contributed by atoms with Crippen LogP contribution < -0.4 is 0 Å². The highest BCUT2D eigenvalue weighted by atomic mass is 32.2. The maximum absolute atomic E-state index is 10.2. The Balaban J connectivity index is 3.38. The monoisotopic (exact) mass is 160 g/mol. The van der Waals surface area contributed by atoms with Crippen molar-refractivity contribution in [2.45, 2.75) is 38.4 Å². The van der Waals surface area contributed by atoms with Gasteiger partial charge in [0.25, 0.3) is 0 Å². The smallest absolute Gasteiger partial charge is 0.121 e. The average Bonchev–Trinajstić information content (AvgIpc) is 1.90. The van der Waals surface area contributed by atoms with E-state index < -0.39 is 0 Å². The van der Waals surface area contributed by atoms with Crippen molar-refractivity contribution in [1.82, 2.24) is 0 Å². The Hall–Kier alpha value is 0.0200. The van der Waals surface area contributed by atoms with Crippen LogP contribution in [0.2, 0.25) is 0 Å². The number of hydrogen-bond acceptors (Lipinski definition) is 2. The molecule has 2 heteroatoms. The van der Waals surface area contributed by atoms with E-state index in [2.05, 4.69) is 13.8 Å². The SMILES string of the molecule is CCCC(CC=O)SCC. The van der Waals surface area contributed by atoms with Crippen molar-refractivity contribution in [2.24, 2.45) is 0 Å². The van der Waals surface area contributed by atoms with Gasteiger partial charge in [-0.05, 0) is 12.2 Å². The summed E-state index contributed by atoms with van der Waals surface area (Å²) in [4.78, 5) is 10.2. The summed E-state index contributed by atoms with van der Waals surface area (Å²) < 4.78 is 0. The third-order valence-corrected chi connectivity index (χ3v) is 2.61. The highest BCUT2D eigenvalue weighted by molar-refractivity contribution is 7.99. The summed E-state index contributed by atoms with van der Waals surface area (Å²) in [5.41, 5.74) is 0. The van der Waals surface area contributed by atoms with E-state index in [-0.39, 0.29) is 0 Å². The second-order valence-corrected chi connectivity index (χ2v) is 3.85. The van der Waals surface area contributed by atoms with Gasteiger partial charge >= 0.3 is 0 Å². The molecule has 0 amide bonds. The van der Waals surface area contributed by atoms with Crippen molar-refractivity contribution in [3.05, 3.63) is 0 Å². The summed E-state index contributed by atoms with van der Waals surface area (Å²) in [6, 6.07) is 0. The highest BCUT2D eigenvalue weighted by Gasteiger charge is 2.04. The van der Waals surface area contributed by atoms with Gasteiger partial charge in [-0.3, -0.25) is 0 Å². The zero-order valence-corrected chi connectivity index (χ0v) is 7.62. The van der Waals surface area contributed by atoms with Crippen LogP contribution in [0.4, 0.5) is 0 Å². The van der Waals surface area contributed by atoms with Gasteiger partial charge in [-0.2, -0.15) is 11.8 Å². The summed E-state index contributed by atoms with van der Waals surface area (Å²) in [7, 11) is 0. The molecule has 0 rings (SSSR count). The molecule has 1 atom stereocenters. The predicted molar refractivity (Wildman–Crippen MR) is 47.5 cm³/mol. The number of aldehydes is 1. The van der Waals surface area contributed by atoms with Crippen molar-refractivity contribution in [1.29, 1.82) is 0 Å². The largest absolute Gasteiger partial charge is 0.303 e. The van der Waals surface area contributed by atoms with Crippen molar-refractivity contribution >= 4 is 18.0 Å². The Morgan fingerprint density at radius 3 is 2.60 bits per heavy atom. The molecule has 0 heterocycles. The van der Waals surface area contributed by atoms with E-state index in [0.29, 0.717) is 5.25 Å². The molecule has 0 aliphatic rings. The summed E-state index contributed by atoms with van der Waals surface area (Å²) >= 11 is 1.89. The molecule has 0 spiro atoms. The molecule has 1 unspecified atom stereocenters. The van der Waals surface area contributed by atoms with E-state index in [0.717, 1.165) is 18.5 Å². The number of rotatable bonds is 6. The fourth-order valence-electron chi connectivity index (χ4n) is 0.934. The lowest BCUT2D eigenvalue weighted by atomic mass is 10.2. The first kappa shape index (κ1) is 10.0. The quantitative estimate of drug-likeness (QED) is 0.555. The van der Waals surface area contributed by atoms with Crippen LogP contribution in [0.1, 0.15) is 33.1 Å². The molecule has 1 nitrogen and oxygen atoms in total. The highest BCUT2D eigenvalue weighted by Crippen LogP contribution is 2.17. The third kappa shape index (κ3) is 4.86. The van der Waals surface area contributed by atoms with Crippen LogP contribution in [0.3, 0.4) is 0 Å². The van der Waals surface area contributed by atoms with E-state index >= 15 is 0 Å². The molecule has 60 valence electrons. The molecule has 0 aromatic rings. The second kappa shape index (κ2) is 7.13. The normalized spacial score (nSPS) is 13.0. The Bertz CT molecular complexity index is 77.3. The topological polar surface area (TPSA) is 17.1 Å². The van der Waals surface area contributed by atoms with E-state index in [9.17, 15) is 4.79 Å². The van der Waals surface area contributed by atoms with Gasteiger partial charge < -0.3 is 4.79 Å². The lowest BCUT2D eigenvalue weighted by molar-refractivity contribution is -0.107. The van der Waals surface area contributed by atoms with E-state index in [1.54, 1.807) is 0 Å². The molecule has 10 heavy (non-hydrogen) atoms. The second-order valence-electron chi connectivity index (χ2n) is 2.27. The van der Waals surface area contributed by atoms with Gasteiger partial charge in [-0.25, -0.2) is 0 Å². The van der Waals surface area contributed by atoms with Gasteiger partial charge in [0.15, 0.2) is 0 Å². The molecule has 0 aliphatic heterocycles. The zero-order chi connectivity index (χ0) is 7.82. The van der Waals surface area contributed by atoms with Gasteiger partial charge in [0, 0.05) is 11.7 Å². The van der Waals surface area contributed by atoms with E-state index in [4.69, 9.17) is 0 Å². The van der Waals surface area contributed by atoms with Crippen molar-refractivity contribution in [3.8, 4) is 0 Å². The number of thioether (sulfide) groups is 1. The minimum Gasteiger partial charge on any atom is -0.303 e. The van der Waals surface area contributed by atoms with Gasteiger partial charge in [-0.15, -0.1) is 0 Å². The molecule has 0 saturated heterocycles. The summed E-state index contributed by atoms with van der Waals surface area (Å²) in [6.45, 7) is 4.30. The first-order chi connectivity index (χ1) is 4.85. The van der Waals surface area contributed by atoms with Crippen LogP contribution in [-0.4, -0.2) is 17.3 Å². The summed E-state index contributed by atoms with van der Waals surface area (Å²) in [6.07, 6.45) is 4.12. The predicted octanol–water partition coefficient (Wildman–Crippen LogP) is 2.50. The first-order valence-electron chi connectivity index (χ1n) is 3.90. The maximum Gasteiger partial charge on any atom is 0.121 e. The summed E-state index contributed by atoms with van der Waals surface area (Å²) in [5.74, 6) is 1.12. The third-order valence-electron chi connectivity index (χ3n) is 1.37. The van der Waals surface area contributed by atoms with Crippen molar-refractivity contribution < 1.29 is 4.79 Å². The number of carbonyl (C=O) groups excluding carboxylic acids is 1. The average molecular weight is 160 g/mol. The van der Waals surface area contributed by atoms with Gasteiger partial charge in [0.05, 0.1) is 0 Å². The molecule has 0 radical (unpaired) electrons. The number of hydrogen-bond donors (Lipinski definition) is 0. The minimum absolute atomic E-state index is 0.576. The van der Waals surface area contributed by atoms with Crippen LogP contribution in [0.25, 0.3) is 0 Å². The van der Waals surface area contributed by atoms with Crippen LogP contribution in [0, 0.1) is 0 Å². The van der Waals surface area contributed by atoms with Gasteiger partial charge in [-0.1, -0.05) is 20.3 Å². The van der Waals surface area contributed by atoms with Crippen LogP contribution in [0.5, 0.6) is 0 Å². The van der Waals surface area contributed by atoms with Gasteiger partial charge in [0.1, 0.15) is 6.29 Å². The zero-order valence-electron chi connectivity index (χ0n) is 6.80. The first-order valence-corrected chi connectivity index (χ1v) is 4.95. The lowest BCUT2D eigenvalue weighted by Gasteiger charge is -2.09. The minimum atomic E-state index is 0.576. The fourth-order valence-corrected chi connectivity index (χ4v) is 2.02. The molecular formula is C8H16OS. The lowest BCUT2D eigenvalue weighted by Crippen LogP contribution is -2.02. The Morgan fingerprint density at radius 2 is 2.20 bits per heavy atom. The number of carbonyl (C=O) groups is 1. The maximum atomic E-state index is 10.2. The molecule has 0 aliphatic carbocycles. The summed E-state index contributed by atoms with van der Waals surface area (Å²) in [5, 5.41) is 0.576. The Labute approximate surface area is 67.6 Å². The molecule has 0 N–H and O–H groups in total. The van der Waals surface area contributed by atoms with Crippen LogP contribution >= 0.6 is 11.8 Å². The molecular weight excluding hydrogens is 144 g/mol. The Morgan fingerprint density at radius 1 is 1.50 bits per heavy atom. The van der Waals surface area contributed by atoms with E-state index in [1.807, 2.05) is 11.8 Å². The van der Waals surface area contributed by atoms with Crippen LogP contribution in [-0.2, 0) is 4.79 Å². The van der Waals surface area contributed by atoms with Crippen molar-refractivity contribution in [3.63, 3.8) is 0 Å². The van der Waals surface area contributed by atoms with E-state index in [1.165, 1.54) is 12.8 Å². The molecule has 0 aromatic carbocycles. The Kier molecular flexibility index (Phi) is 7.15. The van der Waals surface area contributed by atoms with Gasteiger partial charge in [0.2, 0.25) is 0 Å². The molecule has 0 aromatic heterocycles.